The van der Waals surface area contributed by atoms with Gasteiger partial charge in [0.25, 0.3) is 0 Å². The summed E-state index contributed by atoms with van der Waals surface area (Å²) in [7, 11) is 1.65. The predicted molar refractivity (Wildman–Crippen MR) is 79.0 cm³/mol. The topological polar surface area (TPSA) is 50.7 Å². The van der Waals surface area contributed by atoms with Crippen molar-refractivity contribution in [3.05, 3.63) is 29.8 Å². The summed E-state index contributed by atoms with van der Waals surface area (Å²) >= 11 is 0. The summed E-state index contributed by atoms with van der Waals surface area (Å²) in [5, 5.41) is 14.4. The lowest BCUT2D eigenvalue weighted by Crippen LogP contribution is -2.42. The SMILES string of the molecule is COCCOc1ccccc1C(C)(O)C1CCCNC1. The van der Waals surface area contributed by atoms with E-state index in [0.29, 0.717) is 13.2 Å². The third kappa shape index (κ3) is 3.51. The van der Waals surface area contributed by atoms with Crippen molar-refractivity contribution >= 4 is 0 Å². The van der Waals surface area contributed by atoms with Gasteiger partial charge in [0, 0.05) is 25.1 Å². The molecule has 1 aliphatic rings. The first-order valence-electron chi connectivity index (χ1n) is 7.30. The molecule has 1 heterocycles. The van der Waals surface area contributed by atoms with Crippen LogP contribution in [0.25, 0.3) is 0 Å². The number of aliphatic hydroxyl groups is 1. The van der Waals surface area contributed by atoms with E-state index in [1.807, 2.05) is 31.2 Å². The summed E-state index contributed by atoms with van der Waals surface area (Å²) < 4.78 is 10.8. The zero-order valence-electron chi connectivity index (χ0n) is 12.4. The second-order valence-electron chi connectivity index (χ2n) is 5.53. The van der Waals surface area contributed by atoms with Gasteiger partial charge in [0.2, 0.25) is 0 Å². The van der Waals surface area contributed by atoms with Crippen molar-refractivity contribution in [1.29, 1.82) is 0 Å². The Hall–Kier alpha value is -1.10. The average molecular weight is 279 g/mol. The Morgan fingerprint density at radius 3 is 2.85 bits per heavy atom. The van der Waals surface area contributed by atoms with Crippen molar-refractivity contribution in [2.75, 3.05) is 33.4 Å². The zero-order valence-corrected chi connectivity index (χ0v) is 12.4. The number of hydrogen-bond acceptors (Lipinski definition) is 4. The van der Waals surface area contributed by atoms with Crippen LogP contribution in [0.5, 0.6) is 5.75 Å². The van der Waals surface area contributed by atoms with Crippen molar-refractivity contribution in [2.45, 2.75) is 25.4 Å². The third-order valence-electron chi connectivity index (χ3n) is 4.07. The molecular formula is C16H25NO3. The van der Waals surface area contributed by atoms with Crippen molar-refractivity contribution in [1.82, 2.24) is 5.32 Å². The molecule has 20 heavy (non-hydrogen) atoms. The van der Waals surface area contributed by atoms with Gasteiger partial charge in [-0.25, -0.2) is 0 Å². The number of ether oxygens (including phenoxy) is 2. The summed E-state index contributed by atoms with van der Waals surface area (Å²) in [6.07, 6.45) is 2.14. The molecule has 0 radical (unpaired) electrons. The largest absolute Gasteiger partial charge is 0.491 e. The predicted octanol–water partition coefficient (Wildman–Crippen LogP) is 1.92. The Morgan fingerprint density at radius 2 is 2.15 bits per heavy atom. The molecule has 0 aliphatic carbocycles. The fourth-order valence-corrected chi connectivity index (χ4v) is 2.80. The Balaban J connectivity index is 2.16. The van der Waals surface area contributed by atoms with Crippen molar-refractivity contribution in [3.63, 3.8) is 0 Å². The smallest absolute Gasteiger partial charge is 0.125 e. The van der Waals surface area contributed by atoms with Crippen molar-refractivity contribution in [3.8, 4) is 5.75 Å². The minimum atomic E-state index is -0.878. The van der Waals surface area contributed by atoms with Gasteiger partial charge in [-0.3, -0.25) is 0 Å². The van der Waals surface area contributed by atoms with E-state index in [1.165, 1.54) is 0 Å². The Kier molecular flexibility index (Phi) is 5.40. The summed E-state index contributed by atoms with van der Waals surface area (Å²) in [6.45, 7) is 4.81. The molecule has 4 heteroatoms. The quantitative estimate of drug-likeness (QED) is 0.781. The highest BCUT2D eigenvalue weighted by Crippen LogP contribution is 2.38. The molecule has 4 nitrogen and oxygen atoms in total. The van der Waals surface area contributed by atoms with E-state index in [2.05, 4.69) is 5.32 Å². The van der Waals surface area contributed by atoms with E-state index in [-0.39, 0.29) is 5.92 Å². The van der Waals surface area contributed by atoms with Crippen LogP contribution in [-0.4, -0.2) is 38.5 Å². The van der Waals surface area contributed by atoms with Crippen molar-refractivity contribution < 1.29 is 14.6 Å². The molecule has 2 N–H and O–H groups in total. The van der Waals surface area contributed by atoms with Crippen molar-refractivity contribution in [2.24, 2.45) is 5.92 Å². The van der Waals surface area contributed by atoms with Gasteiger partial charge >= 0.3 is 0 Å². The van der Waals surface area contributed by atoms with Crippen LogP contribution in [0.15, 0.2) is 24.3 Å². The van der Waals surface area contributed by atoms with Crippen LogP contribution < -0.4 is 10.1 Å². The van der Waals surface area contributed by atoms with E-state index in [9.17, 15) is 5.11 Å². The van der Waals surface area contributed by atoms with Gasteiger partial charge in [0.05, 0.1) is 12.2 Å². The molecule has 0 amide bonds. The lowest BCUT2D eigenvalue weighted by Gasteiger charge is -2.37. The van der Waals surface area contributed by atoms with Crippen LogP contribution in [-0.2, 0) is 10.3 Å². The zero-order chi connectivity index (χ0) is 14.4. The normalized spacial score (nSPS) is 22.2. The second kappa shape index (κ2) is 7.07. The summed E-state index contributed by atoms with van der Waals surface area (Å²) in [4.78, 5) is 0. The van der Waals surface area contributed by atoms with Gasteiger partial charge in [0.1, 0.15) is 12.4 Å². The highest BCUT2D eigenvalue weighted by atomic mass is 16.5. The molecule has 0 spiro atoms. The minimum absolute atomic E-state index is 0.212. The highest BCUT2D eigenvalue weighted by molar-refractivity contribution is 5.38. The summed E-state index contributed by atoms with van der Waals surface area (Å²) in [5.74, 6) is 0.962. The molecule has 112 valence electrons. The molecule has 1 fully saturated rings. The molecule has 2 unspecified atom stereocenters. The van der Waals surface area contributed by atoms with Gasteiger partial charge in [-0.15, -0.1) is 0 Å². The average Bonchev–Trinajstić information content (AvgIpc) is 2.49. The first-order chi connectivity index (χ1) is 9.66. The van der Waals surface area contributed by atoms with Crippen LogP contribution in [0.2, 0.25) is 0 Å². The number of methoxy groups -OCH3 is 1. The molecule has 1 aromatic carbocycles. The van der Waals surface area contributed by atoms with Crippen LogP contribution in [0, 0.1) is 5.92 Å². The van der Waals surface area contributed by atoms with E-state index < -0.39 is 5.60 Å². The van der Waals surface area contributed by atoms with Crippen LogP contribution in [0.3, 0.4) is 0 Å². The summed E-state index contributed by atoms with van der Waals surface area (Å²) in [6, 6.07) is 7.75. The lowest BCUT2D eigenvalue weighted by atomic mass is 9.78. The molecular weight excluding hydrogens is 254 g/mol. The number of rotatable bonds is 6. The van der Waals surface area contributed by atoms with E-state index in [0.717, 1.165) is 37.2 Å². The minimum Gasteiger partial charge on any atom is -0.491 e. The van der Waals surface area contributed by atoms with E-state index in [1.54, 1.807) is 7.11 Å². The Labute approximate surface area is 121 Å². The standard InChI is InChI=1S/C16H25NO3/c1-16(18,13-6-5-9-17-12-13)14-7-3-4-8-15(14)20-11-10-19-2/h3-4,7-8,13,17-18H,5-6,9-12H2,1-2H3. The maximum atomic E-state index is 11.0. The van der Waals surface area contributed by atoms with Gasteiger partial charge in [-0.05, 0) is 32.4 Å². The van der Waals surface area contributed by atoms with Crippen LogP contribution in [0.1, 0.15) is 25.3 Å². The van der Waals surface area contributed by atoms with E-state index in [4.69, 9.17) is 9.47 Å². The fourth-order valence-electron chi connectivity index (χ4n) is 2.80. The Morgan fingerprint density at radius 1 is 1.35 bits per heavy atom. The monoisotopic (exact) mass is 279 g/mol. The number of nitrogens with one attached hydrogen (secondary N) is 1. The molecule has 2 atom stereocenters. The maximum absolute atomic E-state index is 11.0. The molecule has 0 saturated carbocycles. The molecule has 2 rings (SSSR count). The Bertz CT molecular complexity index is 414. The number of hydrogen-bond donors (Lipinski definition) is 2. The number of piperidine rings is 1. The first-order valence-corrected chi connectivity index (χ1v) is 7.30. The fraction of sp³-hybridized carbons (Fsp3) is 0.625. The summed E-state index contributed by atoms with van der Waals surface area (Å²) in [5.41, 5.74) is -0.0123. The lowest BCUT2D eigenvalue weighted by molar-refractivity contribution is -0.0181. The number of para-hydroxylation sites is 1. The molecule has 1 saturated heterocycles. The third-order valence-corrected chi connectivity index (χ3v) is 4.07. The molecule has 0 bridgehead atoms. The molecule has 0 aromatic heterocycles. The first kappa shape index (κ1) is 15.3. The molecule has 1 aliphatic heterocycles. The van der Waals surface area contributed by atoms with Gasteiger partial charge in [0.15, 0.2) is 0 Å². The highest BCUT2D eigenvalue weighted by Gasteiger charge is 2.36. The van der Waals surface area contributed by atoms with Crippen LogP contribution >= 0.6 is 0 Å². The van der Waals surface area contributed by atoms with Gasteiger partial charge < -0.3 is 19.9 Å². The maximum Gasteiger partial charge on any atom is 0.125 e. The number of benzene rings is 1. The van der Waals surface area contributed by atoms with Gasteiger partial charge in [-0.1, -0.05) is 18.2 Å². The van der Waals surface area contributed by atoms with Crippen LogP contribution in [0.4, 0.5) is 0 Å². The van der Waals surface area contributed by atoms with Gasteiger partial charge in [-0.2, -0.15) is 0 Å². The van der Waals surface area contributed by atoms with E-state index >= 15 is 0 Å². The molecule has 1 aromatic rings. The second-order valence-corrected chi connectivity index (χ2v) is 5.53.